The summed E-state index contributed by atoms with van der Waals surface area (Å²) in [6, 6.07) is 10.9. The van der Waals surface area contributed by atoms with Crippen molar-refractivity contribution in [1.29, 1.82) is 0 Å². The van der Waals surface area contributed by atoms with Crippen molar-refractivity contribution in [3.63, 3.8) is 0 Å². The third-order valence-corrected chi connectivity index (χ3v) is 8.08. The van der Waals surface area contributed by atoms with Crippen molar-refractivity contribution in [3.8, 4) is 23.0 Å². The molecule has 0 spiro atoms. The van der Waals surface area contributed by atoms with Crippen LogP contribution in [0.5, 0.6) is 23.0 Å². The van der Waals surface area contributed by atoms with E-state index < -0.39 is 0 Å². The molecule has 0 amide bonds. The number of fused-ring (bicyclic) bond motifs is 2. The van der Waals surface area contributed by atoms with E-state index in [1.807, 2.05) is 12.1 Å². The number of allylic oxidation sites excluding steroid dienone is 3. The van der Waals surface area contributed by atoms with E-state index in [-0.39, 0.29) is 30.7 Å². The van der Waals surface area contributed by atoms with Crippen LogP contribution in [0.2, 0.25) is 0 Å². The van der Waals surface area contributed by atoms with Gasteiger partial charge in [-0.05, 0) is 47.5 Å². The van der Waals surface area contributed by atoms with Crippen molar-refractivity contribution in [2.24, 2.45) is 0 Å². The summed E-state index contributed by atoms with van der Waals surface area (Å²) in [6.07, 6.45) is 6.26. The molecule has 5 rings (SSSR count). The average Bonchev–Trinajstić information content (AvgIpc) is 3.56. The van der Waals surface area contributed by atoms with Crippen molar-refractivity contribution in [2.75, 3.05) is 19.3 Å². The molecule has 0 bridgehead atoms. The van der Waals surface area contributed by atoms with Crippen molar-refractivity contribution >= 4 is 47.2 Å². The SMILES string of the molecule is C[C@@H]1CSC(=C(C(=O)/C=C\c2ccc3c(c2)OCO3)C(=O)/C=C/c2ccc3c(c2)OCO3)S1. The Morgan fingerprint density at radius 1 is 0.818 bits per heavy atom. The first-order chi connectivity index (χ1) is 16.1. The molecular weight excluding hydrogens is 460 g/mol. The molecule has 8 heteroatoms. The van der Waals surface area contributed by atoms with Crippen LogP contribution in [0.25, 0.3) is 12.2 Å². The molecule has 0 radical (unpaired) electrons. The van der Waals surface area contributed by atoms with Crippen LogP contribution in [-0.2, 0) is 9.59 Å². The molecule has 3 heterocycles. The second-order valence-corrected chi connectivity index (χ2v) is 10.3. The van der Waals surface area contributed by atoms with E-state index in [2.05, 4.69) is 6.92 Å². The summed E-state index contributed by atoms with van der Waals surface area (Å²) in [5.41, 5.74) is 1.78. The van der Waals surface area contributed by atoms with Gasteiger partial charge in [0.2, 0.25) is 13.6 Å². The van der Waals surface area contributed by atoms with Crippen LogP contribution in [0.15, 0.2) is 58.4 Å². The Labute approximate surface area is 199 Å². The molecular formula is C25H20O6S2. The third-order valence-electron chi connectivity index (χ3n) is 5.10. The molecule has 1 fully saturated rings. The quantitative estimate of drug-likeness (QED) is 0.322. The molecule has 2 aromatic rings. The van der Waals surface area contributed by atoms with E-state index in [0.717, 1.165) is 21.1 Å². The Kier molecular flexibility index (Phi) is 6.20. The van der Waals surface area contributed by atoms with Gasteiger partial charge in [0, 0.05) is 11.0 Å². The second-order valence-electron chi connectivity index (χ2n) is 7.52. The first-order valence-corrected chi connectivity index (χ1v) is 12.2. The van der Waals surface area contributed by atoms with Gasteiger partial charge >= 0.3 is 0 Å². The first kappa shape index (κ1) is 21.7. The number of thioether (sulfide) groups is 2. The number of hydrogen-bond acceptors (Lipinski definition) is 8. The van der Waals surface area contributed by atoms with E-state index in [9.17, 15) is 9.59 Å². The number of ketones is 2. The van der Waals surface area contributed by atoms with E-state index in [4.69, 9.17) is 18.9 Å². The summed E-state index contributed by atoms with van der Waals surface area (Å²) < 4.78 is 22.2. The third kappa shape index (κ3) is 4.82. The van der Waals surface area contributed by atoms with Gasteiger partial charge in [-0.3, -0.25) is 9.59 Å². The number of carbonyl (C=O) groups is 2. The van der Waals surface area contributed by atoms with Crippen LogP contribution in [0.3, 0.4) is 0 Å². The molecule has 1 saturated heterocycles. The zero-order chi connectivity index (χ0) is 22.8. The summed E-state index contributed by atoms with van der Waals surface area (Å²) in [4.78, 5) is 26.3. The van der Waals surface area contributed by atoms with E-state index in [1.165, 1.54) is 12.2 Å². The molecule has 1 atom stereocenters. The number of hydrogen-bond donors (Lipinski definition) is 0. The Balaban J connectivity index is 1.37. The summed E-state index contributed by atoms with van der Waals surface area (Å²) in [5.74, 6) is 2.86. The summed E-state index contributed by atoms with van der Waals surface area (Å²) in [5, 5.41) is 0.344. The maximum atomic E-state index is 13.1. The molecule has 0 saturated carbocycles. The van der Waals surface area contributed by atoms with E-state index in [1.54, 1.807) is 59.9 Å². The van der Waals surface area contributed by atoms with Gasteiger partial charge in [0.25, 0.3) is 0 Å². The molecule has 33 heavy (non-hydrogen) atoms. The standard InChI is InChI=1S/C25H20O6S2/c1-15-12-32-25(33-15)24(18(26)6-2-16-4-8-20-22(10-16)30-13-28-20)19(27)7-3-17-5-9-21-23(11-17)31-14-29-21/h2-11,15H,12-14H2,1H3/b6-2-,7-3+,25-24?/t15-/m1/s1. The highest BCUT2D eigenvalue weighted by Crippen LogP contribution is 2.44. The molecule has 3 aliphatic rings. The Bertz CT molecular complexity index is 1130. The van der Waals surface area contributed by atoms with Crippen molar-refractivity contribution in [1.82, 2.24) is 0 Å². The van der Waals surface area contributed by atoms with Gasteiger partial charge in [0.1, 0.15) is 0 Å². The van der Waals surface area contributed by atoms with Crippen LogP contribution >= 0.6 is 23.5 Å². The normalized spacial score (nSPS) is 20.1. The van der Waals surface area contributed by atoms with Gasteiger partial charge in [-0.1, -0.05) is 31.2 Å². The summed E-state index contributed by atoms with van der Waals surface area (Å²) in [7, 11) is 0. The largest absolute Gasteiger partial charge is 0.454 e. The van der Waals surface area contributed by atoms with Crippen molar-refractivity contribution in [3.05, 3.63) is 69.5 Å². The monoisotopic (exact) mass is 480 g/mol. The minimum absolute atomic E-state index is 0.189. The van der Waals surface area contributed by atoms with Crippen LogP contribution in [0.1, 0.15) is 18.1 Å². The second kappa shape index (κ2) is 9.41. The maximum Gasteiger partial charge on any atom is 0.231 e. The zero-order valence-electron chi connectivity index (χ0n) is 17.7. The van der Waals surface area contributed by atoms with Crippen LogP contribution < -0.4 is 18.9 Å². The average molecular weight is 481 g/mol. The smallest absolute Gasteiger partial charge is 0.231 e. The van der Waals surface area contributed by atoms with Gasteiger partial charge < -0.3 is 18.9 Å². The molecule has 0 N–H and O–H groups in total. The molecule has 2 aromatic carbocycles. The zero-order valence-corrected chi connectivity index (χ0v) is 19.4. The predicted molar refractivity (Wildman–Crippen MR) is 130 cm³/mol. The molecule has 6 nitrogen and oxygen atoms in total. The molecule has 0 unspecified atom stereocenters. The van der Waals surface area contributed by atoms with Gasteiger partial charge in [0.05, 0.1) is 9.81 Å². The number of ether oxygens (including phenoxy) is 4. The number of rotatable bonds is 6. The highest BCUT2D eigenvalue weighted by molar-refractivity contribution is 8.25. The summed E-state index contributed by atoms with van der Waals surface area (Å²) in [6.45, 7) is 2.46. The fourth-order valence-corrected chi connectivity index (χ4v) is 6.30. The van der Waals surface area contributed by atoms with Gasteiger partial charge in [0.15, 0.2) is 34.6 Å². The molecule has 3 aliphatic heterocycles. The van der Waals surface area contributed by atoms with Gasteiger partial charge in [-0.25, -0.2) is 0 Å². The molecule has 0 aromatic heterocycles. The molecule has 0 aliphatic carbocycles. The van der Waals surface area contributed by atoms with Crippen molar-refractivity contribution < 1.29 is 28.5 Å². The number of benzene rings is 2. The van der Waals surface area contributed by atoms with Gasteiger partial charge in [-0.15, -0.1) is 23.5 Å². The predicted octanol–water partition coefficient (Wildman–Crippen LogP) is 5.09. The lowest BCUT2D eigenvalue weighted by molar-refractivity contribution is -0.116. The minimum atomic E-state index is -0.322. The Hall–Kier alpha value is -3.10. The number of carbonyl (C=O) groups excluding carboxylic acids is 2. The fraction of sp³-hybridized carbons (Fsp3) is 0.200. The highest BCUT2D eigenvalue weighted by atomic mass is 32.2. The molecule has 168 valence electrons. The van der Waals surface area contributed by atoms with Crippen LogP contribution in [0.4, 0.5) is 0 Å². The van der Waals surface area contributed by atoms with E-state index >= 15 is 0 Å². The lowest BCUT2D eigenvalue weighted by Crippen LogP contribution is -2.10. The van der Waals surface area contributed by atoms with Crippen LogP contribution in [0, 0.1) is 0 Å². The summed E-state index contributed by atoms with van der Waals surface area (Å²) >= 11 is 3.12. The van der Waals surface area contributed by atoms with Crippen LogP contribution in [-0.4, -0.2) is 36.2 Å². The highest BCUT2D eigenvalue weighted by Gasteiger charge is 2.26. The van der Waals surface area contributed by atoms with Gasteiger partial charge in [-0.2, -0.15) is 0 Å². The topological polar surface area (TPSA) is 71.1 Å². The Morgan fingerprint density at radius 3 is 1.82 bits per heavy atom. The lowest BCUT2D eigenvalue weighted by atomic mass is 10.1. The maximum absolute atomic E-state index is 13.1. The lowest BCUT2D eigenvalue weighted by Gasteiger charge is -2.05. The Morgan fingerprint density at radius 2 is 1.33 bits per heavy atom. The van der Waals surface area contributed by atoms with E-state index in [0.29, 0.717) is 28.2 Å². The minimum Gasteiger partial charge on any atom is -0.454 e. The first-order valence-electron chi connectivity index (χ1n) is 10.3. The van der Waals surface area contributed by atoms with Crippen molar-refractivity contribution in [2.45, 2.75) is 12.2 Å². The fourth-order valence-electron chi connectivity index (χ4n) is 3.44.